The minimum Gasteiger partial charge on any atom is -0.300 e. The highest BCUT2D eigenvalue weighted by molar-refractivity contribution is 6.00. The van der Waals surface area contributed by atoms with Gasteiger partial charge in [0.05, 0.1) is 0 Å². The molecule has 0 spiro atoms. The Morgan fingerprint density at radius 1 is 1.50 bits per heavy atom. The third-order valence-corrected chi connectivity index (χ3v) is 2.45. The zero-order valence-corrected chi connectivity index (χ0v) is 7.64. The molecule has 1 aliphatic carbocycles. The second-order valence-corrected chi connectivity index (χ2v) is 3.44. The van der Waals surface area contributed by atoms with Gasteiger partial charge in [0.1, 0.15) is 17.8 Å². The molecule has 4 heteroatoms. The molecule has 1 saturated carbocycles. The van der Waals surface area contributed by atoms with Crippen molar-refractivity contribution in [3.63, 3.8) is 0 Å². The molecule has 1 aromatic rings. The van der Waals surface area contributed by atoms with Gasteiger partial charge in [-0.2, -0.15) is 0 Å². The van der Waals surface area contributed by atoms with E-state index in [2.05, 4.69) is 9.97 Å². The van der Waals surface area contributed by atoms with E-state index in [-0.39, 0.29) is 17.5 Å². The number of aromatic nitrogens is 2. The van der Waals surface area contributed by atoms with Crippen molar-refractivity contribution in [2.24, 2.45) is 5.92 Å². The van der Waals surface area contributed by atoms with Crippen molar-refractivity contribution >= 4 is 11.6 Å². The molecule has 1 atom stereocenters. The van der Waals surface area contributed by atoms with Crippen molar-refractivity contribution in [1.29, 1.82) is 0 Å². The van der Waals surface area contributed by atoms with Gasteiger partial charge in [0.15, 0.2) is 5.78 Å². The summed E-state index contributed by atoms with van der Waals surface area (Å²) in [5, 5.41) is 0. The lowest BCUT2D eigenvalue weighted by atomic mass is 10.0. The third-order valence-electron chi connectivity index (χ3n) is 2.45. The SMILES string of the molecule is O=C1CCC(C(=O)c2ccncn2)C1. The Morgan fingerprint density at radius 2 is 2.36 bits per heavy atom. The van der Waals surface area contributed by atoms with Crippen LogP contribution in [0.3, 0.4) is 0 Å². The molecular weight excluding hydrogens is 180 g/mol. The fourth-order valence-electron chi connectivity index (χ4n) is 1.68. The first kappa shape index (κ1) is 8.99. The minimum atomic E-state index is -0.155. The van der Waals surface area contributed by atoms with Crippen LogP contribution in [0.15, 0.2) is 18.6 Å². The minimum absolute atomic E-state index is 0.0294. The molecule has 4 nitrogen and oxygen atoms in total. The fraction of sp³-hybridized carbons (Fsp3) is 0.400. The summed E-state index contributed by atoms with van der Waals surface area (Å²) in [4.78, 5) is 30.4. The Hall–Kier alpha value is -1.58. The van der Waals surface area contributed by atoms with Crippen LogP contribution < -0.4 is 0 Å². The fourth-order valence-corrected chi connectivity index (χ4v) is 1.68. The second kappa shape index (κ2) is 3.65. The van der Waals surface area contributed by atoms with Crippen molar-refractivity contribution in [2.75, 3.05) is 0 Å². The summed E-state index contributed by atoms with van der Waals surface area (Å²) in [7, 11) is 0. The predicted molar refractivity (Wildman–Crippen MR) is 48.7 cm³/mol. The largest absolute Gasteiger partial charge is 0.300 e. The first-order valence-electron chi connectivity index (χ1n) is 4.59. The van der Waals surface area contributed by atoms with Gasteiger partial charge in [-0.05, 0) is 12.5 Å². The van der Waals surface area contributed by atoms with Crippen LogP contribution in [0.25, 0.3) is 0 Å². The van der Waals surface area contributed by atoms with Crippen LogP contribution in [0.5, 0.6) is 0 Å². The summed E-state index contributed by atoms with van der Waals surface area (Å²) in [5.74, 6) is -0.00643. The van der Waals surface area contributed by atoms with Crippen LogP contribution >= 0.6 is 0 Å². The number of rotatable bonds is 2. The molecule has 0 radical (unpaired) electrons. The van der Waals surface area contributed by atoms with E-state index in [0.29, 0.717) is 25.0 Å². The molecule has 2 rings (SSSR count). The van der Waals surface area contributed by atoms with Gasteiger partial charge in [0.25, 0.3) is 0 Å². The van der Waals surface area contributed by atoms with Crippen molar-refractivity contribution in [3.8, 4) is 0 Å². The van der Waals surface area contributed by atoms with Crippen LogP contribution in [0.4, 0.5) is 0 Å². The molecule has 0 N–H and O–H groups in total. The first-order chi connectivity index (χ1) is 6.77. The molecule has 1 unspecified atom stereocenters. The topological polar surface area (TPSA) is 59.9 Å². The maximum atomic E-state index is 11.8. The summed E-state index contributed by atoms with van der Waals surface area (Å²) in [5.41, 5.74) is 0.416. The number of hydrogen-bond acceptors (Lipinski definition) is 4. The highest BCUT2D eigenvalue weighted by Gasteiger charge is 2.29. The Kier molecular flexibility index (Phi) is 2.35. The summed E-state index contributed by atoms with van der Waals surface area (Å²) in [6.45, 7) is 0. The van der Waals surface area contributed by atoms with Crippen LogP contribution in [0, 0.1) is 5.92 Å². The number of Topliss-reactive ketones (excluding diaryl/α,β-unsaturated/α-hetero) is 2. The number of carbonyl (C=O) groups excluding carboxylic acids is 2. The summed E-state index contributed by atoms with van der Waals surface area (Å²) in [6, 6.07) is 1.59. The van der Waals surface area contributed by atoms with E-state index in [1.165, 1.54) is 12.5 Å². The number of hydrogen-bond donors (Lipinski definition) is 0. The van der Waals surface area contributed by atoms with Crippen LogP contribution in [0.1, 0.15) is 29.8 Å². The maximum Gasteiger partial charge on any atom is 0.184 e. The summed E-state index contributed by atoms with van der Waals surface area (Å²) < 4.78 is 0. The van der Waals surface area contributed by atoms with Gasteiger partial charge < -0.3 is 0 Å². The molecule has 1 fully saturated rings. The molecule has 1 aliphatic rings. The highest BCUT2D eigenvalue weighted by Crippen LogP contribution is 2.24. The number of nitrogens with zero attached hydrogens (tertiary/aromatic N) is 2. The number of carbonyl (C=O) groups is 2. The van der Waals surface area contributed by atoms with E-state index in [4.69, 9.17) is 0 Å². The first-order valence-corrected chi connectivity index (χ1v) is 4.59. The van der Waals surface area contributed by atoms with E-state index >= 15 is 0 Å². The van der Waals surface area contributed by atoms with E-state index < -0.39 is 0 Å². The molecule has 0 amide bonds. The average Bonchev–Trinajstić information content (AvgIpc) is 2.65. The summed E-state index contributed by atoms with van der Waals surface area (Å²) >= 11 is 0. The van der Waals surface area contributed by atoms with Crippen LogP contribution in [0.2, 0.25) is 0 Å². The lowest BCUT2D eigenvalue weighted by Gasteiger charge is -2.04. The van der Waals surface area contributed by atoms with Gasteiger partial charge in [-0.3, -0.25) is 9.59 Å². The normalized spacial score (nSPS) is 21.1. The van der Waals surface area contributed by atoms with Crippen molar-refractivity contribution < 1.29 is 9.59 Å². The Balaban J connectivity index is 2.13. The van der Waals surface area contributed by atoms with Gasteiger partial charge in [-0.15, -0.1) is 0 Å². The molecule has 0 aliphatic heterocycles. The molecule has 0 bridgehead atoms. The molecule has 0 aromatic carbocycles. The van der Waals surface area contributed by atoms with E-state index in [0.717, 1.165) is 0 Å². The van der Waals surface area contributed by atoms with Gasteiger partial charge in [-0.1, -0.05) is 0 Å². The smallest absolute Gasteiger partial charge is 0.184 e. The maximum absolute atomic E-state index is 11.8. The molecular formula is C10H10N2O2. The van der Waals surface area contributed by atoms with Gasteiger partial charge >= 0.3 is 0 Å². The standard InChI is InChI=1S/C10H10N2O2/c13-8-2-1-7(5-8)10(14)9-3-4-11-6-12-9/h3-4,6-7H,1-2,5H2. The van der Waals surface area contributed by atoms with Gasteiger partial charge in [-0.25, -0.2) is 9.97 Å². The highest BCUT2D eigenvalue weighted by atomic mass is 16.1. The Labute approximate surface area is 81.4 Å². The molecule has 0 saturated heterocycles. The quantitative estimate of drug-likeness (QED) is 0.653. The third kappa shape index (κ3) is 1.69. The number of ketones is 2. The van der Waals surface area contributed by atoms with Gasteiger partial charge in [0, 0.05) is 25.0 Å². The molecule has 72 valence electrons. The van der Waals surface area contributed by atoms with E-state index in [1.54, 1.807) is 6.07 Å². The second-order valence-electron chi connectivity index (χ2n) is 3.44. The zero-order chi connectivity index (χ0) is 9.97. The Bertz CT molecular complexity index is 362. The van der Waals surface area contributed by atoms with E-state index in [1.807, 2.05) is 0 Å². The lowest BCUT2D eigenvalue weighted by Crippen LogP contribution is -2.13. The van der Waals surface area contributed by atoms with Crippen LogP contribution in [-0.4, -0.2) is 21.5 Å². The van der Waals surface area contributed by atoms with Crippen molar-refractivity contribution in [1.82, 2.24) is 9.97 Å². The predicted octanol–water partition coefficient (Wildman–Crippen LogP) is 1.03. The summed E-state index contributed by atoms with van der Waals surface area (Å²) in [6.07, 6.45) is 4.47. The Morgan fingerprint density at radius 3 is 2.93 bits per heavy atom. The van der Waals surface area contributed by atoms with Crippen LogP contribution in [-0.2, 0) is 4.79 Å². The molecule has 1 aromatic heterocycles. The monoisotopic (exact) mass is 190 g/mol. The van der Waals surface area contributed by atoms with E-state index in [9.17, 15) is 9.59 Å². The zero-order valence-electron chi connectivity index (χ0n) is 7.64. The van der Waals surface area contributed by atoms with Crippen molar-refractivity contribution in [3.05, 3.63) is 24.3 Å². The average molecular weight is 190 g/mol. The lowest BCUT2D eigenvalue weighted by molar-refractivity contribution is -0.117. The van der Waals surface area contributed by atoms with Crippen molar-refractivity contribution in [2.45, 2.75) is 19.3 Å². The molecule has 14 heavy (non-hydrogen) atoms. The van der Waals surface area contributed by atoms with Gasteiger partial charge in [0.2, 0.25) is 0 Å². The molecule has 1 heterocycles.